The van der Waals surface area contributed by atoms with Crippen LogP contribution < -0.4 is 5.32 Å². The van der Waals surface area contributed by atoms with Crippen LogP contribution in [0.25, 0.3) is 0 Å². The lowest BCUT2D eigenvalue weighted by Gasteiger charge is -2.34. The van der Waals surface area contributed by atoms with Crippen molar-refractivity contribution < 1.29 is 14.0 Å². The summed E-state index contributed by atoms with van der Waals surface area (Å²) in [6.45, 7) is 6.84. The van der Waals surface area contributed by atoms with Crippen molar-refractivity contribution in [2.75, 3.05) is 45.8 Å². The van der Waals surface area contributed by atoms with E-state index in [9.17, 15) is 9.59 Å². The average molecular weight is 397 g/mol. The van der Waals surface area contributed by atoms with Crippen molar-refractivity contribution in [2.45, 2.75) is 19.5 Å². The van der Waals surface area contributed by atoms with Gasteiger partial charge in [-0.25, -0.2) is 4.98 Å². The van der Waals surface area contributed by atoms with Crippen LogP contribution in [0.3, 0.4) is 0 Å². The maximum Gasteiger partial charge on any atom is 0.275 e. The lowest BCUT2D eigenvalue weighted by molar-refractivity contribution is -0.120. The first-order valence-corrected chi connectivity index (χ1v) is 10.2. The van der Waals surface area contributed by atoms with E-state index in [0.717, 1.165) is 32.7 Å². The fourth-order valence-corrected chi connectivity index (χ4v) is 3.75. The Balaban J connectivity index is 1.26. The third-order valence-electron chi connectivity index (χ3n) is 5.44. The van der Waals surface area contributed by atoms with Crippen LogP contribution in [0, 0.1) is 0 Å². The number of nitrogens with one attached hydrogen (secondary N) is 1. The van der Waals surface area contributed by atoms with Gasteiger partial charge in [0.2, 0.25) is 11.8 Å². The van der Waals surface area contributed by atoms with Crippen LogP contribution in [-0.2, 0) is 17.9 Å². The number of hydrogen-bond acceptors (Lipinski definition) is 6. The molecule has 154 valence electrons. The average Bonchev–Trinajstić information content (AvgIpc) is 3.09. The highest BCUT2D eigenvalue weighted by Gasteiger charge is 2.24. The van der Waals surface area contributed by atoms with Crippen LogP contribution in [0.5, 0.6) is 0 Å². The molecule has 0 spiro atoms. The van der Waals surface area contributed by atoms with Crippen LogP contribution in [0.1, 0.15) is 28.4 Å². The van der Waals surface area contributed by atoms with E-state index in [1.54, 1.807) is 4.90 Å². The van der Waals surface area contributed by atoms with Crippen molar-refractivity contribution in [1.82, 2.24) is 25.0 Å². The molecule has 1 aromatic carbocycles. The van der Waals surface area contributed by atoms with E-state index in [1.807, 2.05) is 6.07 Å². The van der Waals surface area contributed by atoms with Gasteiger partial charge in [0.05, 0.1) is 6.54 Å². The second-order valence-electron chi connectivity index (χ2n) is 7.56. The van der Waals surface area contributed by atoms with E-state index in [-0.39, 0.29) is 11.8 Å². The minimum Gasteiger partial charge on any atom is -0.447 e. The van der Waals surface area contributed by atoms with Crippen molar-refractivity contribution in [1.29, 1.82) is 0 Å². The van der Waals surface area contributed by atoms with Crippen molar-refractivity contribution in [3.05, 3.63) is 53.7 Å². The summed E-state index contributed by atoms with van der Waals surface area (Å²) in [6, 6.07) is 10.5. The minimum absolute atomic E-state index is 0.0208. The number of carbonyl (C=O) groups excluding carboxylic acids is 2. The van der Waals surface area contributed by atoms with Gasteiger partial charge in [0, 0.05) is 58.8 Å². The van der Waals surface area contributed by atoms with Crippen LogP contribution in [0.4, 0.5) is 0 Å². The van der Waals surface area contributed by atoms with E-state index in [0.29, 0.717) is 44.2 Å². The largest absolute Gasteiger partial charge is 0.447 e. The summed E-state index contributed by atoms with van der Waals surface area (Å²) in [7, 11) is 0. The van der Waals surface area contributed by atoms with Gasteiger partial charge in [-0.05, 0) is 5.56 Å². The summed E-state index contributed by atoms with van der Waals surface area (Å²) in [5, 5.41) is 2.77. The molecule has 2 amide bonds. The number of carbonyl (C=O) groups is 2. The van der Waals surface area contributed by atoms with Crippen LogP contribution in [-0.4, -0.2) is 77.3 Å². The first-order chi connectivity index (χ1) is 14.2. The van der Waals surface area contributed by atoms with Gasteiger partial charge in [-0.2, -0.15) is 0 Å². The number of amides is 2. The zero-order valence-corrected chi connectivity index (χ0v) is 16.5. The van der Waals surface area contributed by atoms with E-state index >= 15 is 0 Å². The molecule has 1 N–H and O–H groups in total. The Hall–Kier alpha value is -2.71. The molecule has 2 fully saturated rings. The SMILES string of the molecule is O=C1CCN(C(=O)c2coc(CN3CCN(Cc4ccccc4)CC3)n2)CCN1. The zero-order valence-electron chi connectivity index (χ0n) is 16.5. The smallest absolute Gasteiger partial charge is 0.275 e. The van der Waals surface area contributed by atoms with E-state index in [4.69, 9.17) is 4.42 Å². The Kier molecular flexibility index (Phi) is 6.21. The molecule has 29 heavy (non-hydrogen) atoms. The number of piperazine rings is 1. The molecule has 4 rings (SSSR count). The Morgan fingerprint density at radius 3 is 2.48 bits per heavy atom. The van der Waals surface area contributed by atoms with E-state index in [2.05, 4.69) is 44.4 Å². The maximum absolute atomic E-state index is 12.6. The zero-order chi connectivity index (χ0) is 20.1. The highest BCUT2D eigenvalue weighted by atomic mass is 16.3. The van der Waals surface area contributed by atoms with Gasteiger partial charge < -0.3 is 14.6 Å². The molecule has 0 aliphatic carbocycles. The highest BCUT2D eigenvalue weighted by molar-refractivity contribution is 5.92. The Labute approximate surface area is 170 Å². The van der Waals surface area contributed by atoms with Gasteiger partial charge in [-0.1, -0.05) is 30.3 Å². The second kappa shape index (κ2) is 9.19. The van der Waals surface area contributed by atoms with Crippen LogP contribution in [0.2, 0.25) is 0 Å². The molecular formula is C21H27N5O3. The quantitative estimate of drug-likeness (QED) is 0.809. The summed E-state index contributed by atoms with van der Waals surface area (Å²) in [5.41, 5.74) is 1.65. The van der Waals surface area contributed by atoms with Gasteiger partial charge >= 0.3 is 0 Å². The lowest BCUT2D eigenvalue weighted by Crippen LogP contribution is -2.45. The number of rotatable bonds is 5. The minimum atomic E-state index is -0.177. The van der Waals surface area contributed by atoms with Crippen LogP contribution >= 0.6 is 0 Å². The second-order valence-corrected chi connectivity index (χ2v) is 7.56. The van der Waals surface area contributed by atoms with Gasteiger partial charge in [-0.15, -0.1) is 0 Å². The number of benzene rings is 1. The molecule has 8 nitrogen and oxygen atoms in total. The summed E-state index contributed by atoms with van der Waals surface area (Å²) >= 11 is 0. The molecule has 3 heterocycles. The van der Waals surface area contributed by atoms with Crippen LogP contribution in [0.15, 0.2) is 41.0 Å². The fraction of sp³-hybridized carbons (Fsp3) is 0.476. The maximum atomic E-state index is 12.6. The highest BCUT2D eigenvalue weighted by Crippen LogP contribution is 2.13. The first kappa shape index (κ1) is 19.6. The van der Waals surface area contributed by atoms with E-state index < -0.39 is 0 Å². The molecule has 2 aliphatic heterocycles. The van der Waals surface area contributed by atoms with Gasteiger partial charge in [0.15, 0.2) is 5.69 Å². The molecule has 0 atom stereocenters. The molecule has 0 bridgehead atoms. The third kappa shape index (κ3) is 5.21. The molecule has 1 aromatic heterocycles. The van der Waals surface area contributed by atoms with Gasteiger partial charge in [0.25, 0.3) is 5.91 Å². The number of oxazole rings is 1. The van der Waals surface area contributed by atoms with Crippen molar-refractivity contribution in [3.8, 4) is 0 Å². The Bertz CT molecular complexity index is 830. The summed E-state index contributed by atoms with van der Waals surface area (Å²) in [4.78, 5) is 34.9. The number of hydrogen-bond donors (Lipinski definition) is 1. The predicted molar refractivity (Wildman–Crippen MR) is 107 cm³/mol. The topological polar surface area (TPSA) is 81.9 Å². The molecule has 2 aliphatic rings. The molecule has 0 saturated carbocycles. The molecule has 8 heteroatoms. The Morgan fingerprint density at radius 1 is 1.00 bits per heavy atom. The molecule has 0 radical (unpaired) electrons. The summed E-state index contributed by atoms with van der Waals surface area (Å²) in [6.07, 6.45) is 1.76. The predicted octanol–water partition coefficient (Wildman–Crippen LogP) is 0.955. The molecular weight excluding hydrogens is 370 g/mol. The monoisotopic (exact) mass is 397 g/mol. The molecule has 2 aromatic rings. The summed E-state index contributed by atoms with van der Waals surface area (Å²) in [5.74, 6) is 0.366. The third-order valence-corrected chi connectivity index (χ3v) is 5.44. The number of aromatic nitrogens is 1. The van der Waals surface area contributed by atoms with Gasteiger partial charge in [0.1, 0.15) is 6.26 Å². The normalized spacial score (nSPS) is 19.0. The van der Waals surface area contributed by atoms with Gasteiger partial charge in [-0.3, -0.25) is 19.4 Å². The standard InChI is InChI=1S/C21H27N5O3/c27-19-6-8-26(9-7-22-19)21(28)18-16-29-20(23-18)15-25-12-10-24(11-13-25)14-17-4-2-1-3-5-17/h1-5,16H,6-15H2,(H,22,27). The first-order valence-electron chi connectivity index (χ1n) is 10.2. The van der Waals surface area contributed by atoms with Crippen molar-refractivity contribution in [3.63, 3.8) is 0 Å². The summed E-state index contributed by atoms with van der Waals surface area (Å²) < 4.78 is 5.56. The Morgan fingerprint density at radius 2 is 1.72 bits per heavy atom. The van der Waals surface area contributed by atoms with Crippen molar-refractivity contribution >= 4 is 11.8 Å². The fourth-order valence-electron chi connectivity index (χ4n) is 3.75. The van der Waals surface area contributed by atoms with E-state index in [1.165, 1.54) is 11.8 Å². The van der Waals surface area contributed by atoms with Crippen molar-refractivity contribution in [2.24, 2.45) is 0 Å². The lowest BCUT2D eigenvalue weighted by atomic mass is 10.2. The number of nitrogens with zero attached hydrogens (tertiary/aromatic N) is 4. The molecule has 0 unspecified atom stereocenters. The molecule has 2 saturated heterocycles.